The van der Waals surface area contributed by atoms with Gasteiger partial charge in [0.05, 0.1) is 12.2 Å². The van der Waals surface area contributed by atoms with Crippen LogP contribution >= 0.6 is 35.3 Å². The topological polar surface area (TPSA) is 49.3 Å². The van der Waals surface area contributed by atoms with Gasteiger partial charge in [-0.15, -0.1) is 35.3 Å². The zero-order chi connectivity index (χ0) is 14.5. The molecule has 0 amide bonds. The van der Waals surface area contributed by atoms with Crippen LogP contribution in [0.1, 0.15) is 45.3 Å². The molecule has 1 rings (SSSR count). The van der Waals surface area contributed by atoms with Crippen molar-refractivity contribution < 1.29 is 0 Å². The van der Waals surface area contributed by atoms with Crippen LogP contribution < -0.4 is 10.6 Å². The summed E-state index contributed by atoms with van der Waals surface area (Å²) in [5.74, 6) is 1.44. The third kappa shape index (κ3) is 6.88. The second-order valence-electron chi connectivity index (χ2n) is 6.08. The normalized spacial score (nSPS) is 12.2. The molecule has 0 aliphatic carbocycles. The third-order valence-corrected chi connectivity index (χ3v) is 3.48. The molecule has 0 unspecified atom stereocenters. The Bertz CT molecular complexity index is 421. The predicted octanol–water partition coefficient (Wildman–Crippen LogP) is 3.38. The van der Waals surface area contributed by atoms with Crippen LogP contribution in [0.25, 0.3) is 0 Å². The summed E-state index contributed by atoms with van der Waals surface area (Å²) in [5, 5.41) is 9.82. The first-order valence-electron chi connectivity index (χ1n) is 6.72. The van der Waals surface area contributed by atoms with Crippen molar-refractivity contribution in [2.24, 2.45) is 10.9 Å². The van der Waals surface area contributed by atoms with Crippen LogP contribution in [0.2, 0.25) is 0 Å². The van der Waals surface area contributed by atoms with Gasteiger partial charge in [-0.25, -0.2) is 4.98 Å². The van der Waals surface area contributed by atoms with E-state index in [0.717, 1.165) is 29.8 Å². The lowest BCUT2D eigenvalue weighted by Gasteiger charge is -2.14. The quantitative estimate of drug-likeness (QED) is 0.455. The first-order chi connectivity index (χ1) is 8.82. The molecule has 0 saturated heterocycles. The van der Waals surface area contributed by atoms with Gasteiger partial charge in [0.15, 0.2) is 5.96 Å². The summed E-state index contributed by atoms with van der Waals surface area (Å²) in [5.41, 5.74) is 1.27. The monoisotopic (exact) mass is 410 g/mol. The smallest absolute Gasteiger partial charge is 0.191 e. The fourth-order valence-electron chi connectivity index (χ4n) is 1.42. The lowest BCUT2D eigenvalue weighted by Crippen LogP contribution is -2.38. The van der Waals surface area contributed by atoms with Crippen molar-refractivity contribution in [3.63, 3.8) is 0 Å². The van der Waals surface area contributed by atoms with Gasteiger partial charge < -0.3 is 10.6 Å². The van der Waals surface area contributed by atoms with E-state index in [-0.39, 0.29) is 29.4 Å². The van der Waals surface area contributed by atoms with Crippen molar-refractivity contribution in [3.05, 3.63) is 16.1 Å². The maximum Gasteiger partial charge on any atom is 0.191 e. The third-order valence-electron chi connectivity index (χ3n) is 2.63. The minimum absolute atomic E-state index is 0. The molecule has 0 atom stereocenters. The number of hydrogen-bond acceptors (Lipinski definition) is 3. The van der Waals surface area contributed by atoms with E-state index in [2.05, 4.69) is 60.6 Å². The molecular weight excluding hydrogens is 383 g/mol. The Morgan fingerprint density at radius 3 is 2.45 bits per heavy atom. The number of rotatable bonds is 4. The highest BCUT2D eigenvalue weighted by Crippen LogP contribution is 2.23. The molecule has 116 valence electrons. The molecule has 0 spiro atoms. The van der Waals surface area contributed by atoms with E-state index in [9.17, 15) is 0 Å². The van der Waals surface area contributed by atoms with Crippen LogP contribution in [0.3, 0.4) is 0 Å². The molecule has 0 bridgehead atoms. The Hall–Kier alpha value is -0.370. The van der Waals surface area contributed by atoms with E-state index in [1.165, 1.54) is 0 Å². The van der Waals surface area contributed by atoms with Crippen molar-refractivity contribution in [1.29, 1.82) is 0 Å². The van der Waals surface area contributed by atoms with E-state index in [4.69, 9.17) is 0 Å². The van der Waals surface area contributed by atoms with Crippen molar-refractivity contribution in [2.75, 3.05) is 13.6 Å². The summed E-state index contributed by atoms with van der Waals surface area (Å²) in [4.78, 5) is 8.86. The van der Waals surface area contributed by atoms with Crippen molar-refractivity contribution in [3.8, 4) is 0 Å². The van der Waals surface area contributed by atoms with Gasteiger partial charge in [0.25, 0.3) is 0 Å². The molecule has 6 heteroatoms. The lowest BCUT2D eigenvalue weighted by atomic mass is 9.93. The van der Waals surface area contributed by atoms with Crippen molar-refractivity contribution >= 4 is 41.3 Å². The van der Waals surface area contributed by atoms with E-state index in [1.54, 1.807) is 18.4 Å². The van der Waals surface area contributed by atoms with Gasteiger partial charge in [0, 0.05) is 24.4 Å². The molecule has 0 aromatic carbocycles. The average molecular weight is 410 g/mol. The molecule has 0 aliphatic heterocycles. The lowest BCUT2D eigenvalue weighted by molar-refractivity contribution is 0.570. The Labute approximate surface area is 143 Å². The van der Waals surface area contributed by atoms with Crippen LogP contribution in [0, 0.1) is 5.92 Å². The van der Waals surface area contributed by atoms with Crippen molar-refractivity contribution in [1.82, 2.24) is 15.6 Å². The molecule has 1 aromatic heterocycles. The molecule has 4 nitrogen and oxygen atoms in total. The zero-order valence-corrected chi connectivity index (χ0v) is 16.4. The highest BCUT2D eigenvalue weighted by molar-refractivity contribution is 14.0. The minimum Gasteiger partial charge on any atom is -0.356 e. The molecule has 1 heterocycles. The Balaban J connectivity index is 0.00000361. The van der Waals surface area contributed by atoms with Crippen LogP contribution in [-0.4, -0.2) is 24.5 Å². The average Bonchev–Trinajstić information content (AvgIpc) is 2.77. The number of nitrogens with one attached hydrogen (secondary N) is 2. The maximum atomic E-state index is 4.66. The van der Waals surface area contributed by atoms with Crippen LogP contribution in [0.4, 0.5) is 0 Å². The number of thiazole rings is 1. The first kappa shape index (κ1) is 19.6. The SMILES string of the molecule is CN=C(NCc1nc(C(C)(C)C)cs1)NCC(C)C.I. The van der Waals surface area contributed by atoms with Gasteiger partial charge in [-0.2, -0.15) is 0 Å². The molecule has 1 aromatic rings. The van der Waals surface area contributed by atoms with Crippen molar-refractivity contribution in [2.45, 2.75) is 46.6 Å². The molecular formula is C14H27IN4S. The second-order valence-corrected chi connectivity index (χ2v) is 7.02. The second kappa shape index (κ2) is 8.81. The van der Waals surface area contributed by atoms with Gasteiger partial charge >= 0.3 is 0 Å². The van der Waals surface area contributed by atoms with Gasteiger partial charge in [0.2, 0.25) is 0 Å². The molecule has 0 saturated carbocycles. The zero-order valence-electron chi connectivity index (χ0n) is 13.3. The number of nitrogens with zero attached hydrogens (tertiary/aromatic N) is 2. The van der Waals surface area contributed by atoms with Gasteiger partial charge in [-0.1, -0.05) is 34.6 Å². The van der Waals surface area contributed by atoms with Gasteiger partial charge in [-0.3, -0.25) is 4.99 Å². The Morgan fingerprint density at radius 1 is 1.35 bits per heavy atom. The van der Waals surface area contributed by atoms with E-state index >= 15 is 0 Å². The Morgan fingerprint density at radius 2 is 2.00 bits per heavy atom. The summed E-state index contributed by atoms with van der Waals surface area (Å²) in [6.45, 7) is 12.5. The summed E-state index contributed by atoms with van der Waals surface area (Å²) < 4.78 is 0. The fraction of sp³-hybridized carbons (Fsp3) is 0.714. The van der Waals surface area contributed by atoms with Crippen LogP contribution in [0.15, 0.2) is 10.4 Å². The molecule has 20 heavy (non-hydrogen) atoms. The summed E-state index contributed by atoms with van der Waals surface area (Å²) >= 11 is 1.70. The number of halogens is 1. The maximum absolute atomic E-state index is 4.66. The number of guanidine groups is 1. The summed E-state index contributed by atoms with van der Waals surface area (Å²) in [6.07, 6.45) is 0. The number of hydrogen-bond donors (Lipinski definition) is 2. The molecule has 0 aliphatic rings. The van der Waals surface area contributed by atoms with Gasteiger partial charge in [-0.05, 0) is 5.92 Å². The first-order valence-corrected chi connectivity index (χ1v) is 7.60. The van der Waals surface area contributed by atoms with E-state index < -0.39 is 0 Å². The fourth-order valence-corrected chi connectivity index (χ4v) is 2.38. The largest absolute Gasteiger partial charge is 0.356 e. The van der Waals surface area contributed by atoms with E-state index in [1.807, 2.05) is 0 Å². The van der Waals surface area contributed by atoms with E-state index in [0.29, 0.717) is 5.92 Å². The predicted molar refractivity (Wildman–Crippen MR) is 99.3 cm³/mol. The highest BCUT2D eigenvalue weighted by atomic mass is 127. The van der Waals surface area contributed by atoms with Crippen LogP contribution in [0.5, 0.6) is 0 Å². The number of aromatic nitrogens is 1. The van der Waals surface area contributed by atoms with Gasteiger partial charge in [0.1, 0.15) is 5.01 Å². The summed E-state index contributed by atoms with van der Waals surface area (Å²) in [6, 6.07) is 0. The molecule has 0 radical (unpaired) electrons. The molecule has 2 N–H and O–H groups in total. The highest BCUT2D eigenvalue weighted by Gasteiger charge is 2.17. The summed E-state index contributed by atoms with van der Waals surface area (Å²) in [7, 11) is 1.79. The standard InChI is InChI=1S/C14H26N4S.HI/c1-10(2)7-16-13(15-6)17-8-12-18-11(9-19-12)14(3,4)5;/h9-10H,7-8H2,1-6H3,(H2,15,16,17);1H. The van der Waals surface area contributed by atoms with Crippen LogP contribution in [-0.2, 0) is 12.0 Å². The Kier molecular flexibility index (Phi) is 8.65. The minimum atomic E-state index is 0. The molecule has 0 fully saturated rings. The number of aliphatic imine (C=N–C) groups is 1.